The molecule has 0 spiro atoms. The molecule has 7 nitrogen and oxygen atoms in total. The number of sulfonamides is 1. The van der Waals surface area contributed by atoms with Crippen molar-refractivity contribution in [1.29, 1.82) is 0 Å². The predicted octanol–water partition coefficient (Wildman–Crippen LogP) is -1.28. The lowest BCUT2D eigenvalue weighted by Gasteiger charge is -2.04. The highest BCUT2D eigenvalue weighted by Gasteiger charge is 2.14. The third-order valence-electron chi connectivity index (χ3n) is 1.64. The van der Waals surface area contributed by atoms with Gasteiger partial charge in [-0.3, -0.25) is 4.21 Å². The summed E-state index contributed by atoms with van der Waals surface area (Å²) in [6.45, 7) is 0.107. The summed E-state index contributed by atoms with van der Waals surface area (Å²) >= 11 is 0. The summed E-state index contributed by atoms with van der Waals surface area (Å²) in [5, 5.41) is 0. The number of nitrogens with two attached hydrogens (primary N) is 1. The molecule has 1 rings (SSSR count). The maximum absolute atomic E-state index is 11.6. The first-order valence-electron chi connectivity index (χ1n) is 4.29. The number of nitrogen functional groups attached to an aromatic ring is 1. The maximum Gasteiger partial charge on any atom is 0.243 e. The minimum Gasteiger partial charge on any atom is -0.368 e. The van der Waals surface area contributed by atoms with E-state index in [0.717, 1.165) is 12.4 Å². The lowest BCUT2D eigenvalue weighted by atomic mass is 10.7. The zero-order valence-electron chi connectivity index (χ0n) is 8.58. The van der Waals surface area contributed by atoms with Crippen LogP contribution in [0.5, 0.6) is 0 Å². The minimum absolute atomic E-state index is 0.00797. The van der Waals surface area contributed by atoms with E-state index in [1.165, 1.54) is 6.26 Å². The molecular weight excluding hydrogens is 252 g/mol. The summed E-state index contributed by atoms with van der Waals surface area (Å²) in [5.41, 5.74) is 5.23. The highest BCUT2D eigenvalue weighted by atomic mass is 32.2. The highest BCUT2D eigenvalue weighted by Crippen LogP contribution is 2.05. The molecule has 0 radical (unpaired) electrons. The Morgan fingerprint density at radius 3 is 2.50 bits per heavy atom. The molecule has 0 amide bonds. The Kier molecular flexibility index (Phi) is 4.33. The molecule has 1 atom stereocenters. The average molecular weight is 264 g/mol. The van der Waals surface area contributed by atoms with Crippen molar-refractivity contribution >= 4 is 26.8 Å². The van der Waals surface area contributed by atoms with E-state index in [1.807, 2.05) is 0 Å². The van der Waals surface area contributed by atoms with Crippen molar-refractivity contribution in [3.8, 4) is 0 Å². The third kappa shape index (κ3) is 3.83. The van der Waals surface area contributed by atoms with Gasteiger partial charge < -0.3 is 5.73 Å². The third-order valence-corrected chi connectivity index (χ3v) is 3.83. The van der Waals surface area contributed by atoms with Crippen molar-refractivity contribution in [2.45, 2.75) is 4.90 Å². The number of nitrogens with zero attached hydrogens (tertiary/aromatic N) is 2. The fraction of sp³-hybridized carbons (Fsp3) is 0.429. The molecule has 90 valence electrons. The largest absolute Gasteiger partial charge is 0.368 e. The van der Waals surface area contributed by atoms with Crippen molar-refractivity contribution in [2.75, 3.05) is 24.3 Å². The zero-order valence-corrected chi connectivity index (χ0v) is 10.2. The van der Waals surface area contributed by atoms with Crippen LogP contribution in [0.15, 0.2) is 17.3 Å². The second-order valence-electron chi connectivity index (χ2n) is 2.95. The Morgan fingerprint density at radius 1 is 1.44 bits per heavy atom. The van der Waals surface area contributed by atoms with Gasteiger partial charge in [0.25, 0.3) is 0 Å². The van der Waals surface area contributed by atoms with Crippen LogP contribution in [-0.2, 0) is 20.8 Å². The highest BCUT2D eigenvalue weighted by molar-refractivity contribution is 7.89. The molecule has 0 aliphatic carbocycles. The second-order valence-corrected chi connectivity index (χ2v) is 6.27. The summed E-state index contributed by atoms with van der Waals surface area (Å²) in [5.74, 6) is 0.267. The molecule has 1 heterocycles. The average Bonchev–Trinajstić information content (AvgIpc) is 2.17. The van der Waals surface area contributed by atoms with Crippen LogP contribution in [0.25, 0.3) is 0 Å². The Labute approximate surface area is 96.0 Å². The number of hydrogen-bond acceptors (Lipinski definition) is 6. The van der Waals surface area contributed by atoms with Gasteiger partial charge in [-0.25, -0.2) is 23.1 Å². The van der Waals surface area contributed by atoms with Gasteiger partial charge in [0, 0.05) is 29.4 Å². The fourth-order valence-corrected chi connectivity index (χ4v) is 2.31. The molecule has 0 aromatic carbocycles. The van der Waals surface area contributed by atoms with Crippen LogP contribution in [0.1, 0.15) is 0 Å². The van der Waals surface area contributed by atoms with Gasteiger partial charge in [0.2, 0.25) is 16.0 Å². The lowest BCUT2D eigenvalue weighted by molar-refractivity contribution is 0.583. The van der Waals surface area contributed by atoms with E-state index < -0.39 is 20.8 Å². The van der Waals surface area contributed by atoms with Crippen molar-refractivity contribution in [1.82, 2.24) is 14.7 Å². The SMILES string of the molecule is CS(=O)CCNS(=O)(=O)c1cnc(N)nc1. The van der Waals surface area contributed by atoms with Crippen molar-refractivity contribution in [3.05, 3.63) is 12.4 Å². The van der Waals surface area contributed by atoms with Crippen molar-refractivity contribution in [2.24, 2.45) is 0 Å². The molecule has 16 heavy (non-hydrogen) atoms. The molecule has 0 saturated carbocycles. The van der Waals surface area contributed by atoms with Gasteiger partial charge >= 0.3 is 0 Å². The number of anilines is 1. The summed E-state index contributed by atoms with van der Waals surface area (Å²) in [4.78, 5) is 7.09. The van der Waals surface area contributed by atoms with E-state index in [0.29, 0.717) is 0 Å². The van der Waals surface area contributed by atoms with E-state index in [-0.39, 0.29) is 23.1 Å². The van der Waals surface area contributed by atoms with Crippen LogP contribution in [0.2, 0.25) is 0 Å². The Balaban J connectivity index is 2.71. The Hall–Kier alpha value is -1.06. The first kappa shape index (κ1) is 13.0. The van der Waals surface area contributed by atoms with Crippen LogP contribution in [0.4, 0.5) is 5.95 Å². The van der Waals surface area contributed by atoms with Gasteiger partial charge in [0.15, 0.2) is 0 Å². The Bertz CT molecular complexity index is 471. The normalized spacial score (nSPS) is 13.6. The standard InChI is InChI=1S/C7H12N4O3S2/c1-15(12)3-2-11-16(13,14)6-4-9-7(8)10-5-6/h4-5,11H,2-3H2,1H3,(H2,8,9,10). The topological polar surface area (TPSA) is 115 Å². The molecule has 0 aliphatic heterocycles. The zero-order chi connectivity index (χ0) is 12.2. The monoisotopic (exact) mass is 264 g/mol. The van der Waals surface area contributed by atoms with E-state index in [4.69, 9.17) is 5.73 Å². The molecule has 0 bridgehead atoms. The number of aromatic nitrogens is 2. The smallest absolute Gasteiger partial charge is 0.243 e. The number of rotatable bonds is 5. The molecule has 0 saturated heterocycles. The van der Waals surface area contributed by atoms with Crippen LogP contribution in [0.3, 0.4) is 0 Å². The van der Waals surface area contributed by atoms with Gasteiger partial charge in [0.05, 0.1) is 12.4 Å². The molecule has 9 heteroatoms. The van der Waals surface area contributed by atoms with Crippen LogP contribution in [0, 0.1) is 0 Å². The summed E-state index contributed by atoms with van der Waals surface area (Å²) in [6.07, 6.45) is 3.74. The van der Waals surface area contributed by atoms with E-state index >= 15 is 0 Å². The van der Waals surface area contributed by atoms with Crippen molar-refractivity contribution in [3.63, 3.8) is 0 Å². The predicted molar refractivity (Wildman–Crippen MR) is 60.6 cm³/mol. The Morgan fingerprint density at radius 2 is 2.00 bits per heavy atom. The van der Waals surface area contributed by atoms with E-state index in [1.54, 1.807) is 0 Å². The molecule has 3 N–H and O–H groups in total. The van der Waals surface area contributed by atoms with E-state index in [2.05, 4.69) is 14.7 Å². The molecule has 1 unspecified atom stereocenters. The molecule has 1 aromatic heterocycles. The van der Waals surface area contributed by atoms with Gasteiger partial charge in [-0.1, -0.05) is 0 Å². The summed E-state index contributed by atoms with van der Waals surface area (Å²) in [7, 11) is -4.68. The fourth-order valence-electron chi connectivity index (χ4n) is 0.868. The summed E-state index contributed by atoms with van der Waals surface area (Å²) in [6, 6.07) is 0. The second kappa shape index (κ2) is 5.32. The van der Waals surface area contributed by atoms with Gasteiger partial charge in [-0.2, -0.15) is 0 Å². The van der Waals surface area contributed by atoms with Crippen LogP contribution < -0.4 is 10.5 Å². The van der Waals surface area contributed by atoms with Crippen LogP contribution >= 0.6 is 0 Å². The number of hydrogen-bond donors (Lipinski definition) is 2. The van der Waals surface area contributed by atoms with E-state index in [9.17, 15) is 12.6 Å². The van der Waals surface area contributed by atoms with Crippen LogP contribution in [-0.4, -0.2) is 41.1 Å². The first-order valence-corrected chi connectivity index (χ1v) is 7.50. The minimum atomic E-state index is -3.64. The van der Waals surface area contributed by atoms with Gasteiger partial charge in [-0.15, -0.1) is 0 Å². The van der Waals surface area contributed by atoms with Crippen molar-refractivity contribution < 1.29 is 12.6 Å². The number of nitrogens with one attached hydrogen (secondary N) is 1. The van der Waals surface area contributed by atoms with Gasteiger partial charge in [-0.05, 0) is 0 Å². The molecule has 0 aliphatic rings. The van der Waals surface area contributed by atoms with Gasteiger partial charge in [0.1, 0.15) is 4.90 Å². The molecular formula is C7H12N4O3S2. The lowest BCUT2D eigenvalue weighted by Crippen LogP contribution is -2.28. The summed E-state index contributed by atoms with van der Waals surface area (Å²) < 4.78 is 36.2. The molecule has 1 aromatic rings. The maximum atomic E-state index is 11.6. The quantitative estimate of drug-likeness (QED) is 0.684. The molecule has 0 fully saturated rings. The first-order chi connectivity index (χ1) is 7.42.